The smallest absolute Gasteiger partial charge is 0.338 e. The number of carbonyl (C=O) groups is 1. The second kappa shape index (κ2) is 7.67. The number of carbonyl (C=O) groups excluding carboxylic acids is 1. The van der Waals surface area contributed by atoms with Gasteiger partial charge in [0.25, 0.3) is 0 Å². The maximum Gasteiger partial charge on any atom is 0.338 e. The van der Waals surface area contributed by atoms with Gasteiger partial charge in [-0.25, -0.2) is 18.4 Å². The van der Waals surface area contributed by atoms with Crippen LogP contribution in [0.15, 0.2) is 47.4 Å². The molecule has 0 amide bonds. The highest BCUT2D eigenvalue weighted by molar-refractivity contribution is 7.89. The fourth-order valence-corrected chi connectivity index (χ4v) is 2.98. The van der Waals surface area contributed by atoms with Gasteiger partial charge in [-0.1, -0.05) is 38.1 Å². The Kier molecular flexibility index (Phi) is 5.81. The normalized spacial score (nSPS) is 11.4. The van der Waals surface area contributed by atoms with E-state index < -0.39 is 16.0 Å². The number of benzene rings is 2. The van der Waals surface area contributed by atoms with Crippen LogP contribution in [0.1, 0.15) is 41.3 Å². The zero-order valence-corrected chi connectivity index (χ0v) is 15.2. The number of nitrogens with two attached hydrogens (primary N) is 1. The van der Waals surface area contributed by atoms with Crippen LogP contribution in [-0.4, -0.2) is 21.5 Å². The molecule has 134 valence electrons. The van der Waals surface area contributed by atoms with E-state index in [2.05, 4.69) is 13.8 Å². The third-order valence-corrected chi connectivity index (χ3v) is 4.65. The molecule has 0 unspecified atom stereocenters. The van der Waals surface area contributed by atoms with Gasteiger partial charge in [0, 0.05) is 0 Å². The van der Waals surface area contributed by atoms with Gasteiger partial charge in [0.1, 0.15) is 17.3 Å². The summed E-state index contributed by atoms with van der Waals surface area (Å²) in [5.41, 5.74) is 2.13. The van der Waals surface area contributed by atoms with E-state index >= 15 is 0 Å². The Morgan fingerprint density at radius 1 is 1.12 bits per heavy atom. The van der Waals surface area contributed by atoms with Crippen LogP contribution in [0.2, 0.25) is 0 Å². The summed E-state index contributed by atoms with van der Waals surface area (Å²) in [5.74, 6) is -0.142. The van der Waals surface area contributed by atoms with Crippen molar-refractivity contribution in [2.75, 3.05) is 7.11 Å². The molecule has 0 bridgehead atoms. The van der Waals surface area contributed by atoms with Crippen molar-refractivity contribution in [1.29, 1.82) is 0 Å². The van der Waals surface area contributed by atoms with Crippen molar-refractivity contribution in [2.45, 2.75) is 31.3 Å². The molecule has 2 N–H and O–H groups in total. The summed E-state index contributed by atoms with van der Waals surface area (Å²) >= 11 is 0. The van der Waals surface area contributed by atoms with Gasteiger partial charge >= 0.3 is 5.97 Å². The summed E-state index contributed by atoms with van der Waals surface area (Å²) in [5, 5.41) is 5.15. The highest BCUT2D eigenvalue weighted by Crippen LogP contribution is 2.24. The molecule has 7 heteroatoms. The van der Waals surface area contributed by atoms with Gasteiger partial charge in [0.15, 0.2) is 0 Å². The number of sulfonamides is 1. The third-order valence-electron chi connectivity index (χ3n) is 3.72. The van der Waals surface area contributed by atoms with Gasteiger partial charge in [-0.2, -0.15) is 0 Å². The first kappa shape index (κ1) is 19.0. The molecule has 0 aliphatic carbocycles. The van der Waals surface area contributed by atoms with Crippen LogP contribution in [0, 0.1) is 0 Å². The largest absolute Gasteiger partial charge is 0.495 e. The lowest BCUT2D eigenvalue weighted by atomic mass is 10.0. The van der Waals surface area contributed by atoms with Crippen molar-refractivity contribution in [3.05, 3.63) is 59.2 Å². The summed E-state index contributed by atoms with van der Waals surface area (Å²) < 4.78 is 33.4. The van der Waals surface area contributed by atoms with Crippen molar-refractivity contribution in [2.24, 2.45) is 5.14 Å². The summed E-state index contributed by atoms with van der Waals surface area (Å²) in [4.78, 5) is 11.9. The van der Waals surface area contributed by atoms with Crippen molar-refractivity contribution in [3.63, 3.8) is 0 Å². The molecule has 0 fully saturated rings. The molecule has 2 aromatic rings. The Balaban J connectivity index is 2.13. The number of rotatable bonds is 6. The topological polar surface area (TPSA) is 95.7 Å². The molecule has 0 radical (unpaired) electrons. The molecule has 0 spiro atoms. The Bertz CT molecular complexity index is 858. The van der Waals surface area contributed by atoms with E-state index in [-0.39, 0.29) is 22.8 Å². The molecule has 0 heterocycles. The Labute approximate surface area is 147 Å². The lowest BCUT2D eigenvalue weighted by Crippen LogP contribution is -2.15. The summed E-state index contributed by atoms with van der Waals surface area (Å²) in [6, 6.07) is 11.7. The van der Waals surface area contributed by atoms with Gasteiger partial charge < -0.3 is 9.47 Å². The molecular formula is C18H21NO5S. The average molecular weight is 363 g/mol. The lowest BCUT2D eigenvalue weighted by Gasteiger charge is -2.10. The van der Waals surface area contributed by atoms with Crippen LogP contribution < -0.4 is 9.88 Å². The molecule has 2 aromatic carbocycles. The molecule has 0 aliphatic rings. The van der Waals surface area contributed by atoms with Crippen molar-refractivity contribution in [1.82, 2.24) is 0 Å². The minimum atomic E-state index is -4.01. The summed E-state index contributed by atoms with van der Waals surface area (Å²) in [6.45, 7) is 4.29. The van der Waals surface area contributed by atoms with Crippen molar-refractivity contribution >= 4 is 16.0 Å². The zero-order chi connectivity index (χ0) is 18.6. The summed E-state index contributed by atoms with van der Waals surface area (Å²) in [7, 11) is -2.69. The molecule has 25 heavy (non-hydrogen) atoms. The van der Waals surface area contributed by atoms with Crippen LogP contribution in [0.5, 0.6) is 5.75 Å². The molecule has 2 rings (SSSR count). The molecule has 0 aliphatic heterocycles. The van der Waals surface area contributed by atoms with Gasteiger partial charge in [0.05, 0.1) is 12.7 Å². The first-order chi connectivity index (χ1) is 11.7. The predicted molar refractivity (Wildman–Crippen MR) is 94.0 cm³/mol. The fourth-order valence-electron chi connectivity index (χ4n) is 2.26. The number of esters is 1. The van der Waals surface area contributed by atoms with E-state index in [9.17, 15) is 13.2 Å². The second-order valence-electron chi connectivity index (χ2n) is 5.88. The lowest BCUT2D eigenvalue weighted by molar-refractivity contribution is 0.0472. The maximum absolute atomic E-state index is 12.2. The van der Waals surface area contributed by atoms with Crippen LogP contribution >= 0.6 is 0 Å². The minimum absolute atomic E-state index is 0.0725. The van der Waals surface area contributed by atoms with E-state index in [1.54, 1.807) is 0 Å². The predicted octanol–water partition coefficient (Wildman–Crippen LogP) is 2.82. The molecule has 0 saturated carbocycles. The van der Waals surface area contributed by atoms with E-state index in [0.717, 1.165) is 11.6 Å². The molecular weight excluding hydrogens is 342 g/mol. The Morgan fingerprint density at radius 2 is 1.76 bits per heavy atom. The van der Waals surface area contributed by atoms with E-state index in [1.165, 1.54) is 24.8 Å². The van der Waals surface area contributed by atoms with E-state index in [4.69, 9.17) is 14.6 Å². The first-order valence-electron chi connectivity index (χ1n) is 7.69. The fraction of sp³-hybridized carbons (Fsp3) is 0.278. The van der Waals surface area contributed by atoms with Crippen LogP contribution in [0.4, 0.5) is 0 Å². The second-order valence-corrected chi connectivity index (χ2v) is 7.41. The monoisotopic (exact) mass is 363 g/mol. The van der Waals surface area contributed by atoms with Gasteiger partial charge in [-0.15, -0.1) is 0 Å². The summed E-state index contributed by atoms with van der Waals surface area (Å²) in [6.07, 6.45) is 0. The van der Waals surface area contributed by atoms with Gasteiger partial charge in [0.2, 0.25) is 10.0 Å². The number of hydrogen-bond donors (Lipinski definition) is 1. The third kappa shape index (κ3) is 4.80. The van der Waals surface area contributed by atoms with Gasteiger partial charge in [-0.3, -0.25) is 0 Å². The zero-order valence-electron chi connectivity index (χ0n) is 14.4. The number of hydrogen-bond acceptors (Lipinski definition) is 5. The van der Waals surface area contributed by atoms with Crippen molar-refractivity contribution in [3.8, 4) is 5.75 Å². The minimum Gasteiger partial charge on any atom is -0.495 e. The van der Waals surface area contributed by atoms with Crippen LogP contribution in [-0.2, 0) is 21.4 Å². The van der Waals surface area contributed by atoms with E-state index in [1.807, 2.05) is 24.3 Å². The van der Waals surface area contributed by atoms with Gasteiger partial charge in [-0.05, 0) is 35.2 Å². The van der Waals surface area contributed by atoms with Crippen LogP contribution in [0.3, 0.4) is 0 Å². The highest BCUT2D eigenvalue weighted by Gasteiger charge is 2.18. The quantitative estimate of drug-likeness (QED) is 0.796. The maximum atomic E-state index is 12.2. The molecule has 0 saturated heterocycles. The molecule has 0 aromatic heterocycles. The highest BCUT2D eigenvalue weighted by atomic mass is 32.2. The standard InChI is InChI=1S/C18H21NO5S/c1-12(2)14-6-4-13(5-7-14)11-24-18(20)15-8-9-16(23-3)17(10-15)25(19,21)22/h4-10,12H,11H2,1-3H3,(H2,19,21,22). The van der Waals surface area contributed by atoms with E-state index in [0.29, 0.717) is 5.92 Å². The van der Waals surface area contributed by atoms with Crippen LogP contribution in [0.25, 0.3) is 0 Å². The number of primary sulfonamides is 1. The first-order valence-corrected chi connectivity index (χ1v) is 9.24. The SMILES string of the molecule is COc1ccc(C(=O)OCc2ccc(C(C)C)cc2)cc1S(N)(=O)=O. The van der Waals surface area contributed by atoms with Crippen molar-refractivity contribution < 1.29 is 22.7 Å². The average Bonchev–Trinajstić information content (AvgIpc) is 2.58. The molecule has 0 atom stereocenters. The number of ether oxygens (including phenoxy) is 2. The molecule has 6 nitrogen and oxygen atoms in total. The Hall–Kier alpha value is -2.38. The number of methoxy groups -OCH3 is 1. The Morgan fingerprint density at radius 3 is 2.28 bits per heavy atom.